The largest absolute Gasteiger partial charge is 0.477 e. The maximum Gasteiger partial charge on any atom is 0.341 e. The topological polar surface area (TPSA) is 101 Å². The highest BCUT2D eigenvalue weighted by Gasteiger charge is 2.34. The first kappa shape index (κ1) is 23.8. The Morgan fingerprint density at radius 2 is 1.78 bits per heavy atom. The molecule has 1 aliphatic rings. The van der Waals surface area contributed by atoms with Crippen LogP contribution in [0.15, 0.2) is 59.3 Å². The zero-order chi connectivity index (χ0) is 25.4. The van der Waals surface area contributed by atoms with Crippen LogP contribution >= 0.6 is 0 Å². The molecular formula is C28H30N4O4. The second-order valence-corrected chi connectivity index (χ2v) is 9.92. The minimum Gasteiger partial charge on any atom is -0.477 e. The molecule has 0 unspecified atom stereocenters. The van der Waals surface area contributed by atoms with Gasteiger partial charge in [0.2, 0.25) is 5.91 Å². The van der Waals surface area contributed by atoms with Crippen LogP contribution in [0.4, 0.5) is 5.82 Å². The molecule has 4 aromatic rings. The predicted octanol–water partition coefficient (Wildman–Crippen LogP) is 5.95. The Hall–Kier alpha value is -3.94. The van der Waals surface area contributed by atoms with E-state index in [-0.39, 0.29) is 29.2 Å². The number of rotatable bonds is 6. The average Bonchev–Trinajstić information content (AvgIpc) is 3.51. The third-order valence-electron chi connectivity index (χ3n) is 7.01. The van der Waals surface area contributed by atoms with Gasteiger partial charge in [0, 0.05) is 29.8 Å². The van der Waals surface area contributed by atoms with Gasteiger partial charge in [-0.3, -0.25) is 9.69 Å². The summed E-state index contributed by atoms with van der Waals surface area (Å²) in [5.74, 6) is -0.441. The summed E-state index contributed by atoms with van der Waals surface area (Å²) >= 11 is 0. The Labute approximate surface area is 209 Å². The van der Waals surface area contributed by atoms with Crippen LogP contribution in [0.25, 0.3) is 28.0 Å². The fraction of sp³-hybridized carbons (Fsp3) is 0.357. The summed E-state index contributed by atoms with van der Waals surface area (Å²) in [7, 11) is 0. The van der Waals surface area contributed by atoms with Crippen LogP contribution in [0.2, 0.25) is 0 Å². The molecule has 0 radical (unpaired) electrons. The Morgan fingerprint density at radius 3 is 2.44 bits per heavy atom. The van der Waals surface area contributed by atoms with E-state index >= 15 is 0 Å². The van der Waals surface area contributed by atoms with Crippen molar-refractivity contribution in [3.8, 4) is 16.9 Å². The Balaban J connectivity index is 1.46. The molecule has 0 spiro atoms. The first-order valence-corrected chi connectivity index (χ1v) is 12.4. The van der Waals surface area contributed by atoms with E-state index in [9.17, 15) is 14.7 Å². The van der Waals surface area contributed by atoms with Gasteiger partial charge in [-0.05, 0) is 69.7 Å². The van der Waals surface area contributed by atoms with E-state index in [0.29, 0.717) is 11.6 Å². The number of benzene rings is 1. The molecular weight excluding hydrogens is 456 g/mol. The van der Waals surface area contributed by atoms with Crippen molar-refractivity contribution in [2.45, 2.75) is 52.5 Å². The maximum atomic E-state index is 13.5. The zero-order valence-corrected chi connectivity index (χ0v) is 20.7. The number of anilines is 1. The summed E-state index contributed by atoms with van der Waals surface area (Å²) in [6.45, 7) is 6.00. The van der Waals surface area contributed by atoms with Crippen molar-refractivity contribution in [3.05, 3.63) is 60.5 Å². The van der Waals surface area contributed by atoms with Gasteiger partial charge < -0.3 is 9.52 Å². The quantitative estimate of drug-likeness (QED) is 0.362. The molecule has 1 N–H and O–H groups in total. The zero-order valence-electron chi connectivity index (χ0n) is 20.7. The maximum absolute atomic E-state index is 13.5. The molecule has 8 nitrogen and oxygen atoms in total. The van der Waals surface area contributed by atoms with Crippen LogP contribution in [0, 0.1) is 11.8 Å². The van der Waals surface area contributed by atoms with Crippen molar-refractivity contribution in [2.75, 3.05) is 4.90 Å². The molecule has 36 heavy (non-hydrogen) atoms. The number of hydrogen-bond donors (Lipinski definition) is 1. The van der Waals surface area contributed by atoms with E-state index in [1.54, 1.807) is 11.2 Å². The number of pyridine rings is 1. The van der Waals surface area contributed by atoms with Crippen LogP contribution in [-0.4, -0.2) is 37.8 Å². The monoisotopic (exact) mass is 486 g/mol. The van der Waals surface area contributed by atoms with Crippen molar-refractivity contribution in [1.82, 2.24) is 14.8 Å². The number of aromatic nitrogens is 3. The van der Waals surface area contributed by atoms with Crippen LogP contribution < -0.4 is 4.90 Å². The first-order chi connectivity index (χ1) is 17.3. The highest BCUT2D eigenvalue weighted by molar-refractivity contribution is 6.01. The van der Waals surface area contributed by atoms with Crippen molar-refractivity contribution in [2.24, 2.45) is 11.8 Å². The van der Waals surface area contributed by atoms with Gasteiger partial charge in [0.15, 0.2) is 11.4 Å². The van der Waals surface area contributed by atoms with Gasteiger partial charge in [0.25, 0.3) is 0 Å². The lowest BCUT2D eigenvalue weighted by atomic mass is 9.82. The summed E-state index contributed by atoms with van der Waals surface area (Å²) in [6, 6.07) is 12.9. The smallest absolute Gasteiger partial charge is 0.341 e. The number of fused-ring (bicyclic) bond motifs is 1. The molecule has 0 atom stereocenters. The molecule has 3 heterocycles. The average molecular weight is 487 g/mol. The predicted molar refractivity (Wildman–Crippen MR) is 137 cm³/mol. The third-order valence-corrected chi connectivity index (χ3v) is 7.01. The van der Waals surface area contributed by atoms with Gasteiger partial charge in [0.1, 0.15) is 11.1 Å². The molecule has 1 aliphatic carbocycles. The fourth-order valence-electron chi connectivity index (χ4n) is 4.93. The summed E-state index contributed by atoms with van der Waals surface area (Å²) in [6.07, 6.45) is 6.77. The molecule has 3 aromatic heterocycles. The number of carboxylic acids is 1. The van der Waals surface area contributed by atoms with Gasteiger partial charge in [0.05, 0.1) is 17.6 Å². The summed E-state index contributed by atoms with van der Waals surface area (Å²) < 4.78 is 6.89. The number of aromatic carboxylic acids is 1. The highest BCUT2D eigenvalue weighted by Crippen LogP contribution is 2.33. The van der Waals surface area contributed by atoms with Crippen LogP contribution in [0.3, 0.4) is 0 Å². The van der Waals surface area contributed by atoms with Crippen LogP contribution in [-0.2, 0) is 4.79 Å². The lowest BCUT2D eigenvalue weighted by Crippen LogP contribution is -2.43. The van der Waals surface area contributed by atoms with Gasteiger partial charge in [-0.1, -0.05) is 19.1 Å². The van der Waals surface area contributed by atoms with Gasteiger partial charge in [-0.2, -0.15) is 0 Å². The van der Waals surface area contributed by atoms with E-state index in [1.165, 1.54) is 10.9 Å². The number of amides is 1. The van der Waals surface area contributed by atoms with Crippen LogP contribution in [0.5, 0.6) is 0 Å². The summed E-state index contributed by atoms with van der Waals surface area (Å²) in [4.78, 5) is 31.9. The number of carbonyl (C=O) groups excluding carboxylic acids is 1. The highest BCUT2D eigenvalue weighted by atomic mass is 16.4. The van der Waals surface area contributed by atoms with Gasteiger partial charge in [-0.15, -0.1) is 5.10 Å². The Morgan fingerprint density at radius 1 is 1.06 bits per heavy atom. The van der Waals surface area contributed by atoms with Crippen molar-refractivity contribution in [3.63, 3.8) is 0 Å². The van der Waals surface area contributed by atoms with Crippen molar-refractivity contribution < 1.29 is 19.1 Å². The van der Waals surface area contributed by atoms with Crippen LogP contribution in [0.1, 0.15) is 56.8 Å². The first-order valence-electron chi connectivity index (χ1n) is 12.4. The molecule has 1 aromatic carbocycles. The number of nitrogens with zero attached hydrogens (tertiary/aromatic N) is 4. The molecule has 0 saturated heterocycles. The Kier molecular flexibility index (Phi) is 6.35. The number of carbonyl (C=O) groups is 2. The lowest BCUT2D eigenvalue weighted by Gasteiger charge is -2.32. The third kappa shape index (κ3) is 4.51. The molecule has 1 fully saturated rings. The van der Waals surface area contributed by atoms with E-state index in [2.05, 4.69) is 17.0 Å². The summed E-state index contributed by atoms with van der Waals surface area (Å²) in [5, 5.41) is 14.5. The minimum absolute atomic E-state index is 0.0115. The number of hydrogen-bond acceptors (Lipinski definition) is 5. The second kappa shape index (κ2) is 9.60. The molecule has 1 saturated carbocycles. The fourth-order valence-corrected chi connectivity index (χ4v) is 4.93. The minimum atomic E-state index is -1.11. The van der Waals surface area contributed by atoms with E-state index in [1.807, 2.05) is 56.3 Å². The molecule has 0 aliphatic heterocycles. The summed E-state index contributed by atoms with van der Waals surface area (Å²) in [5.41, 5.74) is 3.94. The van der Waals surface area contributed by atoms with E-state index in [4.69, 9.17) is 4.42 Å². The van der Waals surface area contributed by atoms with E-state index in [0.717, 1.165) is 48.0 Å². The molecule has 8 heteroatoms. The Bertz CT molecular complexity index is 1390. The number of carboxylic acid groups (broad SMARTS) is 1. The molecule has 1 amide bonds. The number of furan rings is 1. The standard InChI is InChI=1S/C28H30N4O4/c1-17(2)32(27(33)20-6-4-18(3)5-7-20)26-22(28(34)35)16-31(30-26)21-10-8-19(9-11-21)23-12-13-25-24(29-23)14-15-36-25/h8-18,20H,4-7H2,1-3H3,(H,34,35). The van der Waals surface area contributed by atoms with Crippen molar-refractivity contribution >= 4 is 28.8 Å². The second-order valence-electron chi connectivity index (χ2n) is 9.92. The molecule has 0 bridgehead atoms. The van der Waals surface area contributed by atoms with Gasteiger partial charge >= 0.3 is 5.97 Å². The van der Waals surface area contributed by atoms with Gasteiger partial charge in [-0.25, -0.2) is 14.5 Å². The van der Waals surface area contributed by atoms with Crippen molar-refractivity contribution in [1.29, 1.82) is 0 Å². The molecule has 186 valence electrons. The molecule has 5 rings (SSSR count). The lowest BCUT2D eigenvalue weighted by molar-refractivity contribution is -0.124. The SMILES string of the molecule is CC1CCC(C(=O)N(c2nn(-c3ccc(-c4ccc5occc5n4)cc3)cc2C(=O)O)C(C)C)CC1. The normalized spacial score (nSPS) is 18.0. The van der Waals surface area contributed by atoms with E-state index < -0.39 is 5.97 Å².